The van der Waals surface area contributed by atoms with Crippen molar-refractivity contribution in [3.05, 3.63) is 38.3 Å². The molecule has 2 aliphatic heterocycles. The molecule has 196 valence electrons. The van der Waals surface area contributed by atoms with Crippen molar-refractivity contribution in [2.45, 2.75) is 48.9 Å². The van der Waals surface area contributed by atoms with E-state index in [-0.39, 0.29) is 63.7 Å². The van der Waals surface area contributed by atoms with Gasteiger partial charge in [0, 0.05) is 16.0 Å². The van der Waals surface area contributed by atoms with Crippen molar-refractivity contribution in [3.8, 4) is 11.5 Å². The van der Waals surface area contributed by atoms with Gasteiger partial charge in [0.25, 0.3) is 0 Å². The second-order valence-corrected chi connectivity index (χ2v) is 13.1. The molecule has 9 nitrogen and oxygen atoms in total. The van der Waals surface area contributed by atoms with Gasteiger partial charge in [-0.25, -0.2) is 4.79 Å². The molecule has 0 radical (unpaired) electrons. The summed E-state index contributed by atoms with van der Waals surface area (Å²) in [5.74, 6) is -3.02. The van der Waals surface area contributed by atoms with Gasteiger partial charge in [0.1, 0.15) is 6.04 Å². The first-order valence-electron chi connectivity index (χ1n) is 12.5. The van der Waals surface area contributed by atoms with Crippen LogP contribution in [0, 0.1) is 35.5 Å². The van der Waals surface area contributed by atoms with Crippen LogP contribution in [0.4, 0.5) is 0 Å². The van der Waals surface area contributed by atoms with Crippen LogP contribution in [-0.4, -0.2) is 56.3 Å². The van der Waals surface area contributed by atoms with Crippen LogP contribution in [0.25, 0.3) is 0 Å². The Morgan fingerprint density at radius 1 is 1.19 bits per heavy atom. The highest BCUT2D eigenvalue weighted by Crippen LogP contribution is 2.68. The van der Waals surface area contributed by atoms with Gasteiger partial charge in [-0.05, 0) is 54.2 Å². The Labute approximate surface area is 221 Å². The minimum Gasteiger partial charge on any atom is -0.504 e. The molecule has 2 aliphatic carbocycles. The molecule has 1 aromatic carbocycles. The lowest BCUT2D eigenvalue weighted by Gasteiger charge is -2.43. The maximum absolute atomic E-state index is 13.8. The Balaban J connectivity index is 1.43. The third-order valence-electron chi connectivity index (χ3n) is 8.61. The smallest absolute Gasteiger partial charge is 0.326 e. The Morgan fingerprint density at radius 3 is 2.54 bits per heavy atom. The molecular formula is C26H28N2O7S2. The third-order valence-corrected chi connectivity index (χ3v) is 11.2. The Hall–Kier alpha value is -2.79. The first kappa shape index (κ1) is 24.5. The summed E-state index contributed by atoms with van der Waals surface area (Å²) in [5.41, 5.74) is 0.877. The molecule has 11 heteroatoms. The number of benzene rings is 1. The summed E-state index contributed by atoms with van der Waals surface area (Å²) in [6, 6.07) is 4.02. The van der Waals surface area contributed by atoms with Crippen molar-refractivity contribution in [2.75, 3.05) is 7.11 Å². The number of aliphatic carboxylic acids is 1. The molecular weight excluding hydrogens is 516 g/mol. The number of carboxylic acids is 1. The molecule has 2 bridgehead atoms. The molecule has 3 N–H and O–H groups in total. The first-order chi connectivity index (χ1) is 17.6. The number of aromatic nitrogens is 1. The minimum absolute atomic E-state index is 0.00104. The number of phenols is 1. The van der Waals surface area contributed by atoms with E-state index in [1.807, 2.05) is 19.9 Å². The van der Waals surface area contributed by atoms with Gasteiger partial charge >= 0.3 is 10.8 Å². The SMILES string of the molecule is COc1cc([C@@H]2c3sc(=O)[nH]c3S[C@@H]3[C@H]4C[C@@H]([C@@H]5C(=O)N([C@H](CC(C)C)C(=O)O)C(=O)[C@@H]45)[C@H]23)ccc1O. The quantitative estimate of drug-likeness (QED) is 0.472. The number of nitrogens with zero attached hydrogens (tertiary/aromatic N) is 1. The van der Waals surface area contributed by atoms with Crippen molar-refractivity contribution < 1.29 is 29.3 Å². The number of H-pyrrole nitrogens is 1. The molecule has 3 heterocycles. The molecule has 37 heavy (non-hydrogen) atoms. The van der Waals surface area contributed by atoms with Crippen LogP contribution in [0.5, 0.6) is 11.5 Å². The number of amides is 2. The fraction of sp³-hybridized carbons (Fsp3) is 0.538. The van der Waals surface area contributed by atoms with E-state index in [0.29, 0.717) is 5.75 Å². The van der Waals surface area contributed by atoms with Crippen LogP contribution in [0.15, 0.2) is 28.0 Å². The van der Waals surface area contributed by atoms with Gasteiger partial charge in [-0.2, -0.15) is 0 Å². The van der Waals surface area contributed by atoms with Crippen LogP contribution < -0.4 is 9.61 Å². The fourth-order valence-electron chi connectivity index (χ4n) is 7.37. The van der Waals surface area contributed by atoms with Crippen LogP contribution in [0.3, 0.4) is 0 Å². The topological polar surface area (TPSA) is 137 Å². The van der Waals surface area contributed by atoms with Gasteiger partial charge in [-0.15, -0.1) is 11.8 Å². The van der Waals surface area contributed by atoms with E-state index in [9.17, 15) is 29.4 Å². The molecule has 4 aliphatic rings. The number of hydrogen-bond donors (Lipinski definition) is 3. The molecule has 0 unspecified atom stereocenters. The average Bonchev–Trinajstić information content (AvgIpc) is 3.57. The summed E-state index contributed by atoms with van der Waals surface area (Å²) < 4.78 is 5.36. The number of ether oxygens (including phenoxy) is 1. The Bertz CT molecular complexity index is 1370. The first-order valence-corrected chi connectivity index (χ1v) is 14.2. The largest absolute Gasteiger partial charge is 0.504 e. The lowest BCUT2D eigenvalue weighted by molar-refractivity contribution is -0.156. The number of methoxy groups -OCH3 is 1. The van der Waals surface area contributed by atoms with Crippen LogP contribution >= 0.6 is 23.1 Å². The Kier molecular flexibility index (Phi) is 5.72. The predicted molar refractivity (Wildman–Crippen MR) is 136 cm³/mol. The zero-order valence-corrected chi connectivity index (χ0v) is 22.2. The van der Waals surface area contributed by atoms with Crippen LogP contribution in [0.2, 0.25) is 0 Å². The maximum Gasteiger partial charge on any atom is 0.326 e. The van der Waals surface area contributed by atoms with Gasteiger partial charge < -0.3 is 19.9 Å². The number of thioether (sulfide) groups is 1. The Morgan fingerprint density at radius 2 is 1.89 bits per heavy atom. The third kappa shape index (κ3) is 3.49. The van der Waals surface area contributed by atoms with Gasteiger partial charge in [-0.3, -0.25) is 19.3 Å². The second kappa shape index (κ2) is 8.62. The summed E-state index contributed by atoms with van der Waals surface area (Å²) in [6.07, 6.45) is 0.938. The second-order valence-electron chi connectivity index (χ2n) is 10.9. The molecule has 2 saturated carbocycles. The van der Waals surface area contributed by atoms with E-state index in [1.165, 1.54) is 7.11 Å². The number of phenolic OH excluding ortho intramolecular Hbond substituents is 1. The zero-order valence-electron chi connectivity index (χ0n) is 20.5. The monoisotopic (exact) mass is 544 g/mol. The molecule has 1 saturated heterocycles. The molecule has 2 aromatic rings. The number of fused-ring (bicyclic) bond motifs is 9. The lowest BCUT2D eigenvalue weighted by Crippen LogP contribution is -2.47. The number of carbonyl (C=O) groups excluding carboxylic acids is 2. The average molecular weight is 545 g/mol. The normalized spacial score (nSPS) is 32.4. The van der Waals surface area contributed by atoms with Crippen molar-refractivity contribution >= 4 is 40.9 Å². The number of nitrogens with one attached hydrogen (secondary N) is 1. The van der Waals surface area contributed by atoms with E-state index in [4.69, 9.17) is 4.74 Å². The van der Waals surface area contributed by atoms with Gasteiger partial charge in [0.15, 0.2) is 11.5 Å². The number of carboxylic acid groups (broad SMARTS) is 1. The van der Waals surface area contributed by atoms with E-state index in [1.54, 1.807) is 23.9 Å². The van der Waals surface area contributed by atoms with Gasteiger partial charge in [0.05, 0.1) is 24.0 Å². The number of aromatic hydroxyl groups is 1. The summed E-state index contributed by atoms with van der Waals surface area (Å²) >= 11 is 2.73. The van der Waals surface area contributed by atoms with Crippen molar-refractivity contribution in [1.82, 2.24) is 9.88 Å². The molecule has 1 aromatic heterocycles. The zero-order chi connectivity index (χ0) is 26.3. The van der Waals surface area contributed by atoms with Crippen LogP contribution in [-0.2, 0) is 14.4 Å². The van der Waals surface area contributed by atoms with Gasteiger partial charge in [-0.1, -0.05) is 31.3 Å². The predicted octanol–water partition coefficient (Wildman–Crippen LogP) is 3.12. The van der Waals surface area contributed by atoms with Crippen molar-refractivity contribution in [3.63, 3.8) is 0 Å². The van der Waals surface area contributed by atoms with E-state index >= 15 is 0 Å². The number of rotatable bonds is 6. The number of likely N-dealkylation sites (tertiary alicyclic amines) is 1. The highest BCUT2D eigenvalue weighted by Gasteiger charge is 2.70. The molecule has 8 atom stereocenters. The molecule has 3 fully saturated rings. The van der Waals surface area contributed by atoms with Crippen LogP contribution in [0.1, 0.15) is 43.0 Å². The van der Waals surface area contributed by atoms with Crippen molar-refractivity contribution in [1.29, 1.82) is 0 Å². The van der Waals surface area contributed by atoms with Crippen molar-refractivity contribution in [2.24, 2.45) is 35.5 Å². The van der Waals surface area contributed by atoms with E-state index in [2.05, 4.69) is 4.98 Å². The maximum atomic E-state index is 13.8. The number of thiazole rings is 1. The highest BCUT2D eigenvalue weighted by molar-refractivity contribution is 8.00. The fourth-order valence-corrected chi connectivity index (χ4v) is 10.3. The van der Waals surface area contributed by atoms with E-state index < -0.39 is 23.8 Å². The number of imide groups is 1. The highest BCUT2D eigenvalue weighted by atomic mass is 32.2. The number of carbonyl (C=O) groups is 3. The number of aromatic amines is 1. The molecule has 6 rings (SSSR count). The molecule has 2 amide bonds. The van der Waals surface area contributed by atoms with E-state index in [0.717, 1.165) is 38.1 Å². The summed E-state index contributed by atoms with van der Waals surface area (Å²) in [7, 11) is 1.48. The summed E-state index contributed by atoms with van der Waals surface area (Å²) in [5, 5.41) is 20.9. The molecule has 0 spiro atoms. The minimum atomic E-state index is -1.16. The summed E-state index contributed by atoms with van der Waals surface area (Å²) in [4.78, 5) is 56.7. The standard InChI is InChI=1S/C26H28N2O7S2/c1-9(2)6-13(25(32)33)28-23(30)18-11-8-12(19(18)24(28)31)20-17(11)16(21-22(36-20)27-26(34)37-21)10-4-5-14(29)15(7-10)35-3/h4-5,7,9,11-13,16-20,29H,6,8H2,1-3H3,(H,27,34)(H,32,33)/t11-,12+,13-,16+,17-,18+,19+,20-/m1/s1. The number of hydrogen-bond acceptors (Lipinski definition) is 8. The van der Waals surface area contributed by atoms with Gasteiger partial charge in [0.2, 0.25) is 11.8 Å². The summed E-state index contributed by atoms with van der Waals surface area (Å²) in [6.45, 7) is 3.76. The lowest BCUT2D eigenvalue weighted by atomic mass is 9.68.